The fraction of sp³-hybridized carbons (Fsp3) is 0.756. The summed E-state index contributed by atoms with van der Waals surface area (Å²) in [5, 5.41) is 11.1. The molecule has 0 aliphatic heterocycles. The number of rotatable bonds is 38. The molecule has 0 saturated carbocycles. The van der Waals surface area contributed by atoms with Crippen LogP contribution in [-0.4, -0.2) is 35.6 Å². The largest absolute Gasteiger partial charge is 0.480 e. The van der Waals surface area contributed by atoms with Crippen LogP contribution in [0.25, 0.3) is 0 Å². The lowest BCUT2D eigenvalue weighted by molar-refractivity contribution is -0.150. The number of carbonyl (C=O) groups excluding carboxylic acids is 2. The van der Waals surface area contributed by atoms with Crippen LogP contribution < -0.4 is 5.32 Å². The van der Waals surface area contributed by atoms with E-state index >= 15 is 0 Å². The van der Waals surface area contributed by atoms with Gasteiger partial charge in [-0.2, -0.15) is 0 Å². The summed E-state index contributed by atoms with van der Waals surface area (Å²) in [6, 6.07) is 0. The van der Waals surface area contributed by atoms with E-state index in [9.17, 15) is 14.4 Å². The molecule has 0 aliphatic carbocycles. The second-order valence-electron chi connectivity index (χ2n) is 14.2. The third-order valence-corrected chi connectivity index (χ3v) is 9.27. The topological polar surface area (TPSA) is 92.7 Å². The predicted octanol–water partition coefficient (Wildman–Crippen LogP) is 13.1. The zero-order valence-corrected chi connectivity index (χ0v) is 33.2. The van der Waals surface area contributed by atoms with E-state index in [4.69, 9.17) is 9.84 Å². The van der Waals surface area contributed by atoms with E-state index in [1.807, 2.05) is 0 Å². The van der Waals surface area contributed by atoms with E-state index in [0.29, 0.717) is 12.8 Å². The summed E-state index contributed by atoms with van der Waals surface area (Å²) < 4.78 is 5.99. The highest BCUT2D eigenvalue weighted by Gasteiger charge is 2.14. The fourth-order valence-corrected chi connectivity index (χ4v) is 6.15. The molecule has 1 atom stereocenters. The molecular formula is C45H79NO5. The molecule has 0 bridgehead atoms. The fourth-order valence-electron chi connectivity index (χ4n) is 6.15. The van der Waals surface area contributed by atoms with Gasteiger partial charge in [-0.1, -0.05) is 178 Å². The molecule has 0 radical (unpaired) electrons. The molecule has 0 fully saturated rings. The van der Waals surface area contributed by atoms with Crippen molar-refractivity contribution in [3.05, 3.63) is 48.6 Å². The van der Waals surface area contributed by atoms with Gasteiger partial charge >= 0.3 is 11.9 Å². The van der Waals surface area contributed by atoms with Crippen molar-refractivity contribution in [1.82, 2.24) is 5.32 Å². The van der Waals surface area contributed by atoms with Crippen LogP contribution in [0.5, 0.6) is 0 Å². The molecule has 0 aliphatic rings. The van der Waals surface area contributed by atoms with Crippen molar-refractivity contribution in [3.8, 4) is 0 Å². The minimum absolute atomic E-state index is 0.0487. The predicted molar refractivity (Wildman–Crippen MR) is 217 cm³/mol. The van der Waals surface area contributed by atoms with Crippen LogP contribution in [0.1, 0.15) is 206 Å². The summed E-state index contributed by atoms with van der Waals surface area (Å²) in [5.41, 5.74) is 0. The molecular weight excluding hydrogens is 634 g/mol. The number of allylic oxidation sites excluding steroid dienone is 8. The van der Waals surface area contributed by atoms with Gasteiger partial charge in [0, 0.05) is 12.8 Å². The van der Waals surface area contributed by atoms with E-state index in [-0.39, 0.29) is 24.5 Å². The molecule has 6 nitrogen and oxygen atoms in total. The van der Waals surface area contributed by atoms with Crippen LogP contribution in [0.2, 0.25) is 0 Å². The molecule has 51 heavy (non-hydrogen) atoms. The van der Waals surface area contributed by atoms with Crippen molar-refractivity contribution in [2.24, 2.45) is 0 Å². The van der Waals surface area contributed by atoms with Crippen LogP contribution in [0.15, 0.2) is 48.6 Å². The highest BCUT2D eigenvalue weighted by Crippen LogP contribution is 2.18. The average molecular weight is 714 g/mol. The van der Waals surface area contributed by atoms with Crippen LogP contribution >= 0.6 is 0 Å². The van der Waals surface area contributed by atoms with Gasteiger partial charge in [0.15, 0.2) is 0 Å². The zero-order chi connectivity index (χ0) is 37.3. The van der Waals surface area contributed by atoms with Crippen LogP contribution in [0, 0.1) is 0 Å². The first-order valence-electron chi connectivity index (χ1n) is 21.3. The Morgan fingerprint density at radius 1 is 0.529 bits per heavy atom. The van der Waals surface area contributed by atoms with Gasteiger partial charge in [0.05, 0.1) is 0 Å². The van der Waals surface area contributed by atoms with Gasteiger partial charge in [-0.25, -0.2) is 0 Å². The van der Waals surface area contributed by atoms with Crippen molar-refractivity contribution in [2.75, 3.05) is 6.54 Å². The summed E-state index contributed by atoms with van der Waals surface area (Å²) in [4.78, 5) is 35.0. The molecule has 1 amide bonds. The Kier molecular flexibility index (Phi) is 38.1. The minimum Gasteiger partial charge on any atom is -0.480 e. The number of hydrogen-bond acceptors (Lipinski definition) is 4. The maximum atomic E-state index is 12.7. The van der Waals surface area contributed by atoms with Crippen molar-refractivity contribution in [1.29, 1.82) is 0 Å². The molecule has 0 saturated heterocycles. The second kappa shape index (κ2) is 40.1. The number of carboxylic acid groups (broad SMARTS) is 1. The Bertz CT molecular complexity index is 922. The zero-order valence-electron chi connectivity index (χ0n) is 33.2. The number of amides is 1. The van der Waals surface area contributed by atoms with Crippen molar-refractivity contribution in [3.63, 3.8) is 0 Å². The lowest BCUT2D eigenvalue weighted by atomic mass is 10.0. The molecule has 0 aromatic rings. The third-order valence-electron chi connectivity index (χ3n) is 9.27. The van der Waals surface area contributed by atoms with Gasteiger partial charge in [-0.05, 0) is 64.2 Å². The SMILES string of the molecule is CC/C=C\C/C=C\C/C=C\C/C=C\CCC(CCCCCCCC(=O)NCC(=O)O)OC(=O)CCCCCCCCCCCCCCCCCC. The van der Waals surface area contributed by atoms with Gasteiger partial charge in [-0.3, -0.25) is 14.4 Å². The first-order valence-corrected chi connectivity index (χ1v) is 21.3. The summed E-state index contributed by atoms with van der Waals surface area (Å²) in [5.74, 6) is -1.28. The summed E-state index contributed by atoms with van der Waals surface area (Å²) >= 11 is 0. The Hall–Kier alpha value is -2.63. The maximum absolute atomic E-state index is 12.7. The molecule has 0 spiro atoms. The Morgan fingerprint density at radius 3 is 1.45 bits per heavy atom. The summed E-state index contributed by atoms with van der Waals surface area (Å²) in [6.07, 6.45) is 50.9. The smallest absolute Gasteiger partial charge is 0.322 e. The molecule has 0 heterocycles. The maximum Gasteiger partial charge on any atom is 0.322 e. The molecule has 0 rings (SSSR count). The third kappa shape index (κ3) is 40.0. The van der Waals surface area contributed by atoms with E-state index in [2.05, 4.69) is 67.8 Å². The Labute approximate surface area is 314 Å². The molecule has 1 unspecified atom stereocenters. The summed E-state index contributed by atoms with van der Waals surface area (Å²) in [7, 11) is 0. The quantitative estimate of drug-likeness (QED) is 0.0377. The lowest BCUT2D eigenvalue weighted by Gasteiger charge is -2.17. The van der Waals surface area contributed by atoms with Crippen LogP contribution in [0.4, 0.5) is 0 Å². The average Bonchev–Trinajstić information content (AvgIpc) is 3.11. The number of hydrogen-bond donors (Lipinski definition) is 2. The van der Waals surface area contributed by atoms with Gasteiger partial charge in [0.1, 0.15) is 12.6 Å². The number of aliphatic carboxylic acids is 1. The highest BCUT2D eigenvalue weighted by molar-refractivity contribution is 5.80. The van der Waals surface area contributed by atoms with Crippen molar-refractivity contribution in [2.45, 2.75) is 213 Å². The van der Waals surface area contributed by atoms with Gasteiger partial charge < -0.3 is 15.2 Å². The molecule has 6 heteroatoms. The van der Waals surface area contributed by atoms with E-state index in [1.165, 1.54) is 89.9 Å². The standard InChI is InChI=1S/C45H79NO5/c1-3-5-7-9-11-13-15-17-18-19-21-23-25-27-32-36-40-45(50)51-42(38-34-30-28-31-35-39-43(47)46-41-44(48)49)37-33-29-26-24-22-20-16-14-12-10-8-6-4-2/h6,8,12,14,20,22,26,29,42H,3-5,7,9-11,13,15-19,21,23-25,27-28,30-41H2,1-2H3,(H,46,47)(H,48,49)/b8-6-,14-12-,22-20-,29-26-. The molecule has 0 aromatic heterocycles. The monoisotopic (exact) mass is 714 g/mol. The van der Waals surface area contributed by atoms with Gasteiger partial charge in [0.25, 0.3) is 0 Å². The molecule has 2 N–H and O–H groups in total. The number of esters is 1. The van der Waals surface area contributed by atoms with Crippen molar-refractivity contribution >= 4 is 17.8 Å². The Morgan fingerprint density at radius 2 is 0.961 bits per heavy atom. The van der Waals surface area contributed by atoms with Gasteiger partial charge in [-0.15, -0.1) is 0 Å². The Balaban J connectivity index is 4.25. The number of carboxylic acids is 1. The number of unbranched alkanes of at least 4 members (excludes halogenated alkanes) is 19. The number of carbonyl (C=O) groups is 3. The van der Waals surface area contributed by atoms with E-state index in [0.717, 1.165) is 89.9 Å². The summed E-state index contributed by atoms with van der Waals surface area (Å²) in [6.45, 7) is 4.11. The van der Waals surface area contributed by atoms with E-state index in [1.54, 1.807) is 0 Å². The number of nitrogens with one attached hydrogen (secondary N) is 1. The first-order chi connectivity index (χ1) is 25.0. The van der Waals surface area contributed by atoms with Crippen LogP contribution in [0.3, 0.4) is 0 Å². The second-order valence-corrected chi connectivity index (χ2v) is 14.2. The van der Waals surface area contributed by atoms with E-state index < -0.39 is 5.97 Å². The van der Waals surface area contributed by atoms with Gasteiger partial charge in [0.2, 0.25) is 5.91 Å². The number of ether oxygens (including phenoxy) is 1. The minimum atomic E-state index is -1.02. The molecule has 294 valence electrons. The first kappa shape index (κ1) is 48.4. The van der Waals surface area contributed by atoms with Crippen LogP contribution in [-0.2, 0) is 19.1 Å². The lowest BCUT2D eigenvalue weighted by Crippen LogP contribution is -2.28. The van der Waals surface area contributed by atoms with Crippen molar-refractivity contribution < 1.29 is 24.2 Å². The highest BCUT2D eigenvalue weighted by atomic mass is 16.5. The molecule has 0 aromatic carbocycles. The normalized spacial score (nSPS) is 12.5.